The van der Waals surface area contributed by atoms with Crippen LogP contribution in [0.1, 0.15) is 12.2 Å². The van der Waals surface area contributed by atoms with Crippen molar-refractivity contribution in [3.63, 3.8) is 0 Å². The van der Waals surface area contributed by atoms with Crippen LogP contribution in [0.3, 0.4) is 0 Å². The van der Waals surface area contributed by atoms with E-state index in [1.54, 1.807) is 7.11 Å². The van der Waals surface area contributed by atoms with Crippen molar-refractivity contribution in [2.45, 2.75) is 17.6 Å². The molecule has 0 radical (unpaired) electrons. The van der Waals surface area contributed by atoms with Crippen LogP contribution in [0.4, 0.5) is 13.2 Å². The molecule has 1 rings (SSSR count). The zero-order valence-corrected chi connectivity index (χ0v) is 10.5. The van der Waals surface area contributed by atoms with Crippen LogP contribution in [0.5, 0.6) is 0 Å². The van der Waals surface area contributed by atoms with Crippen LogP contribution in [0.2, 0.25) is 5.15 Å². The second-order valence-electron chi connectivity index (χ2n) is 3.05. The Labute approximate surface area is 106 Å². The van der Waals surface area contributed by atoms with E-state index in [0.717, 1.165) is 6.42 Å². The largest absolute Gasteiger partial charge is 0.451 e. The van der Waals surface area contributed by atoms with Gasteiger partial charge < -0.3 is 4.74 Å². The summed E-state index contributed by atoms with van der Waals surface area (Å²) >= 11 is 6.70. The molecule has 1 aromatic heterocycles. The lowest BCUT2D eigenvalue weighted by atomic mass is 10.5. The van der Waals surface area contributed by atoms with Crippen molar-refractivity contribution >= 4 is 23.4 Å². The van der Waals surface area contributed by atoms with Gasteiger partial charge in [-0.2, -0.15) is 13.2 Å². The molecule has 1 aromatic rings. The fraction of sp³-hybridized carbons (Fsp3) is 0.556. The third-order valence-electron chi connectivity index (χ3n) is 1.67. The number of alkyl halides is 3. The Bertz CT molecular complexity index is 376. The third-order valence-corrected chi connectivity index (χ3v) is 2.86. The van der Waals surface area contributed by atoms with Gasteiger partial charge in [0, 0.05) is 25.5 Å². The maximum atomic E-state index is 12.4. The van der Waals surface area contributed by atoms with Gasteiger partial charge in [0.05, 0.1) is 0 Å². The molecule has 0 bridgehead atoms. The maximum Gasteiger partial charge on any atom is 0.451 e. The topological polar surface area (TPSA) is 35.0 Å². The monoisotopic (exact) mass is 286 g/mol. The average Bonchev–Trinajstić information content (AvgIpc) is 2.22. The van der Waals surface area contributed by atoms with Crippen LogP contribution in [0.25, 0.3) is 0 Å². The molecule has 0 amide bonds. The SMILES string of the molecule is COCCCSc1cc(Cl)nc(C(F)(F)F)n1. The van der Waals surface area contributed by atoms with E-state index in [4.69, 9.17) is 16.3 Å². The number of hydrogen-bond donors (Lipinski definition) is 0. The first-order chi connectivity index (χ1) is 7.93. The van der Waals surface area contributed by atoms with Gasteiger partial charge in [0.15, 0.2) is 0 Å². The van der Waals surface area contributed by atoms with Crippen molar-refractivity contribution in [1.29, 1.82) is 0 Å². The minimum absolute atomic E-state index is 0.207. The van der Waals surface area contributed by atoms with Crippen LogP contribution >= 0.6 is 23.4 Å². The van der Waals surface area contributed by atoms with E-state index in [9.17, 15) is 13.2 Å². The molecule has 0 saturated heterocycles. The molecule has 8 heteroatoms. The van der Waals surface area contributed by atoms with Gasteiger partial charge >= 0.3 is 6.18 Å². The van der Waals surface area contributed by atoms with Crippen LogP contribution in [-0.4, -0.2) is 29.4 Å². The zero-order valence-electron chi connectivity index (χ0n) is 8.92. The van der Waals surface area contributed by atoms with Gasteiger partial charge in [0.25, 0.3) is 0 Å². The second kappa shape index (κ2) is 6.42. The Morgan fingerprint density at radius 3 is 2.71 bits per heavy atom. The molecule has 0 spiro atoms. The van der Waals surface area contributed by atoms with Crippen molar-refractivity contribution in [2.75, 3.05) is 19.5 Å². The molecule has 0 atom stereocenters. The van der Waals surface area contributed by atoms with Crippen LogP contribution in [-0.2, 0) is 10.9 Å². The highest BCUT2D eigenvalue weighted by molar-refractivity contribution is 7.99. The highest BCUT2D eigenvalue weighted by atomic mass is 35.5. The summed E-state index contributed by atoms with van der Waals surface area (Å²) in [7, 11) is 1.56. The van der Waals surface area contributed by atoms with Gasteiger partial charge in [-0.1, -0.05) is 11.6 Å². The van der Waals surface area contributed by atoms with Crippen molar-refractivity contribution < 1.29 is 17.9 Å². The normalized spacial score (nSPS) is 11.8. The van der Waals surface area contributed by atoms with E-state index in [-0.39, 0.29) is 10.2 Å². The van der Waals surface area contributed by atoms with E-state index in [1.165, 1.54) is 17.8 Å². The van der Waals surface area contributed by atoms with Crippen LogP contribution in [0, 0.1) is 0 Å². The summed E-state index contributed by atoms with van der Waals surface area (Å²) in [6.07, 6.45) is -3.85. The molecule has 96 valence electrons. The molecular weight excluding hydrogens is 277 g/mol. The Morgan fingerprint density at radius 2 is 2.12 bits per heavy atom. The summed E-state index contributed by atoms with van der Waals surface area (Å²) in [6.45, 7) is 0.554. The fourth-order valence-electron chi connectivity index (χ4n) is 0.978. The first-order valence-corrected chi connectivity index (χ1v) is 6.03. The Kier molecular flexibility index (Phi) is 5.48. The van der Waals surface area contributed by atoms with Gasteiger partial charge in [0.1, 0.15) is 10.2 Å². The predicted octanol–water partition coefficient (Wildman–Crippen LogP) is 3.28. The number of nitrogens with zero attached hydrogens (tertiary/aromatic N) is 2. The molecular formula is C9H10ClF3N2OS. The number of thioether (sulfide) groups is 1. The molecule has 0 aliphatic rings. The number of hydrogen-bond acceptors (Lipinski definition) is 4. The minimum atomic E-state index is -4.58. The molecule has 1 heterocycles. The summed E-state index contributed by atoms with van der Waals surface area (Å²) < 4.78 is 42.0. The van der Waals surface area contributed by atoms with E-state index in [2.05, 4.69) is 9.97 Å². The molecule has 0 N–H and O–H groups in total. The first-order valence-electron chi connectivity index (χ1n) is 4.67. The Balaban J connectivity index is 2.69. The average molecular weight is 287 g/mol. The van der Waals surface area contributed by atoms with Crippen LogP contribution < -0.4 is 0 Å². The lowest BCUT2D eigenvalue weighted by molar-refractivity contribution is -0.145. The predicted molar refractivity (Wildman–Crippen MR) is 59.3 cm³/mol. The molecule has 0 saturated carbocycles. The smallest absolute Gasteiger partial charge is 0.385 e. The summed E-state index contributed by atoms with van der Waals surface area (Å²) in [5.74, 6) is -0.599. The molecule has 0 aliphatic carbocycles. The summed E-state index contributed by atoms with van der Waals surface area (Å²) in [6, 6.07) is 1.31. The summed E-state index contributed by atoms with van der Waals surface area (Å²) in [4.78, 5) is 6.54. The number of rotatable bonds is 5. The third kappa shape index (κ3) is 5.10. The van der Waals surface area contributed by atoms with E-state index < -0.39 is 12.0 Å². The highest BCUT2D eigenvalue weighted by Gasteiger charge is 2.35. The van der Waals surface area contributed by atoms with Gasteiger partial charge in [0.2, 0.25) is 5.82 Å². The van der Waals surface area contributed by atoms with Crippen molar-refractivity contribution in [2.24, 2.45) is 0 Å². The summed E-state index contributed by atoms with van der Waals surface area (Å²) in [5.41, 5.74) is 0. The number of halogens is 4. The zero-order chi connectivity index (χ0) is 12.9. The maximum absolute atomic E-state index is 12.4. The van der Waals surface area contributed by atoms with Gasteiger partial charge in [-0.25, -0.2) is 9.97 Å². The summed E-state index contributed by atoms with van der Waals surface area (Å²) in [5, 5.41) is 0.00925. The lowest BCUT2D eigenvalue weighted by Gasteiger charge is -2.07. The number of methoxy groups -OCH3 is 1. The molecule has 3 nitrogen and oxygen atoms in total. The fourth-order valence-corrected chi connectivity index (χ4v) is 2.04. The van der Waals surface area contributed by atoms with Crippen molar-refractivity contribution in [1.82, 2.24) is 9.97 Å². The molecule has 0 fully saturated rings. The Hall–Kier alpha value is -0.530. The van der Waals surface area contributed by atoms with Gasteiger partial charge in [-0.15, -0.1) is 11.8 Å². The molecule has 17 heavy (non-hydrogen) atoms. The van der Waals surface area contributed by atoms with Crippen LogP contribution in [0.15, 0.2) is 11.1 Å². The van der Waals surface area contributed by atoms with Gasteiger partial charge in [-0.05, 0) is 6.42 Å². The van der Waals surface area contributed by atoms with Crippen molar-refractivity contribution in [3.05, 3.63) is 17.0 Å². The second-order valence-corrected chi connectivity index (χ2v) is 4.55. The quantitative estimate of drug-likeness (QED) is 0.473. The van der Waals surface area contributed by atoms with E-state index in [0.29, 0.717) is 12.4 Å². The lowest BCUT2D eigenvalue weighted by Crippen LogP contribution is -2.11. The molecule has 0 unspecified atom stereocenters. The van der Waals surface area contributed by atoms with E-state index >= 15 is 0 Å². The Morgan fingerprint density at radius 1 is 1.41 bits per heavy atom. The standard InChI is InChI=1S/C9H10ClF3N2OS/c1-16-3-2-4-17-7-5-6(10)14-8(15-7)9(11,12)13/h5H,2-4H2,1H3. The van der Waals surface area contributed by atoms with E-state index in [1.807, 2.05) is 0 Å². The number of ether oxygens (including phenoxy) is 1. The minimum Gasteiger partial charge on any atom is -0.385 e. The van der Waals surface area contributed by atoms with Gasteiger partial charge in [-0.3, -0.25) is 0 Å². The van der Waals surface area contributed by atoms with Crippen molar-refractivity contribution in [3.8, 4) is 0 Å². The highest BCUT2D eigenvalue weighted by Crippen LogP contribution is 2.29. The number of aromatic nitrogens is 2. The molecule has 0 aliphatic heterocycles. The molecule has 0 aromatic carbocycles. The first kappa shape index (κ1) is 14.5.